The van der Waals surface area contributed by atoms with Crippen LogP contribution in [0.1, 0.15) is 60.1 Å². The van der Waals surface area contributed by atoms with E-state index in [1.165, 1.54) is 42.3 Å². The second kappa shape index (κ2) is 9.77. The molecule has 4 rings (SSSR count). The Labute approximate surface area is 182 Å². The van der Waals surface area contributed by atoms with Crippen molar-refractivity contribution in [3.63, 3.8) is 0 Å². The molecule has 0 aliphatic heterocycles. The van der Waals surface area contributed by atoms with E-state index in [2.05, 4.69) is 22.8 Å². The molecule has 1 saturated carbocycles. The molecule has 1 aromatic carbocycles. The van der Waals surface area contributed by atoms with Gasteiger partial charge in [-0.15, -0.1) is 12.4 Å². The lowest BCUT2D eigenvalue weighted by Gasteiger charge is -2.30. The van der Waals surface area contributed by atoms with Gasteiger partial charge in [-0.2, -0.15) is 0 Å². The molecule has 0 spiro atoms. The molecular weight excluding hydrogens is 412 g/mol. The van der Waals surface area contributed by atoms with Gasteiger partial charge in [-0.1, -0.05) is 17.7 Å². The fourth-order valence-electron chi connectivity index (χ4n) is 4.16. The minimum atomic E-state index is -0.513. The van der Waals surface area contributed by atoms with Crippen molar-refractivity contribution in [2.45, 2.75) is 63.5 Å². The van der Waals surface area contributed by atoms with Gasteiger partial charge in [0.1, 0.15) is 11.6 Å². The Morgan fingerprint density at radius 2 is 1.76 bits per heavy atom. The van der Waals surface area contributed by atoms with E-state index in [9.17, 15) is 9.18 Å². The van der Waals surface area contributed by atoms with Crippen LogP contribution in [-0.2, 0) is 12.8 Å². The molecule has 0 bridgehead atoms. The minimum absolute atomic E-state index is 0. The van der Waals surface area contributed by atoms with Crippen molar-refractivity contribution in [2.75, 3.05) is 5.32 Å². The normalized spacial score (nSPS) is 20.9. The van der Waals surface area contributed by atoms with Crippen molar-refractivity contribution in [1.29, 1.82) is 0 Å². The van der Waals surface area contributed by atoms with Gasteiger partial charge in [-0.05, 0) is 81.2 Å². The summed E-state index contributed by atoms with van der Waals surface area (Å²) in [5.74, 6) is 0.254. The van der Waals surface area contributed by atoms with E-state index in [-0.39, 0.29) is 29.4 Å². The van der Waals surface area contributed by atoms with Crippen LogP contribution in [-0.4, -0.2) is 23.0 Å². The number of nitrogens with zero attached hydrogens (tertiary/aromatic N) is 1. The number of carbonyl (C=O) groups is 1. The molecule has 0 saturated heterocycles. The molecule has 7 heteroatoms. The molecule has 1 fully saturated rings. The van der Waals surface area contributed by atoms with Crippen molar-refractivity contribution in [3.05, 3.63) is 58.0 Å². The van der Waals surface area contributed by atoms with Gasteiger partial charge in [0.25, 0.3) is 5.91 Å². The van der Waals surface area contributed by atoms with Gasteiger partial charge < -0.3 is 10.6 Å². The summed E-state index contributed by atoms with van der Waals surface area (Å²) in [5.41, 5.74) is 3.03. The molecule has 2 aliphatic carbocycles. The van der Waals surface area contributed by atoms with Crippen molar-refractivity contribution in [2.24, 2.45) is 0 Å². The molecule has 0 atom stereocenters. The number of halogens is 3. The molecule has 2 aromatic rings. The fourth-order valence-corrected chi connectivity index (χ4v) is 4.34. The zero-order valence-electron chi connectivity index (χ0n) is 16.2. The van der Waals surface area contributed by atoms with Crippen molar-refractivity contribution < 1.29 is 9.18 Å². The van der Waals surface area contributed by atoms with E-state index in [1.807, 2.05) is 0 Å². The Bertz CT molecular complexity index is 869. The topological polar surface area (TPSA) is 54.0 Å². The zero-order valence-corrected chi connectivity index (χ0v) is 17.8. The number of aryl methyl sites for hydroxylation is 2. The molecule has 2 N–H and O–H groups in total. The van der Waals surface area contributed by atoms with Crippen LogP contribution in [0.4, 0.5) is 10.2 Å². The van der Waals surface area contributed by atoms with Crippen LogP contribution in [0.3, 0.4) is 0 Å². The number of hydrogen-bond donors (Lipinski definition) is 2. The fraction of sp³-hybridized carbons (Fsp3) is 0.455. The highest BCUT2D eigenvalue weighted by Gasteiger charge is 2.23. The molecule has 0 radical (unpaired) electrons. The lowest BCUT2D eigenvalue weighted by molar-refractivity contribution is 0.0926. The largest absolute Gasteiger partial charge is 0.367 e. The lowest BCUT2D eigenvalue weighted by atomic mass is 9.91. The zero-order chi connectivity index (χ0) is 19.5. The summed E-state index contributed by atoms with van der Waals surface area (Å²) in [5, 5.41) is 6.58. The van der Waals surface area contributed by atoms with E-state index in [0.717, 1.165) is 44.3 Å². The number of amides is 1. The third-order valence-corrected chi connectivity index (χ3v) is 6.06. The molecule has 1 amide bonds. The molecule has 29 heavy (non-hydrogen) atoms. The molecule has 2 aliphatic rings. The first kappa shape index (κ1) is 21.8. The molecule has 0 unspecified atom stereocenters. The smallest absolute Gasteiger partial charge is 0.251 e. The molecular formula is C22H26Cl2FN3O. The number of anilines is 1. The van der Waals surface area contributed by atoms with Crippen LogP contribution in [0.5, 0.6) is 0 Å². The second-order valence-electron chi connectivity index (χ2n) is 7.80. The highest BCUT2D eigenvalue weighted by atomic mass is 35.5. The van der Waals surface area contributed by atoms with Crippen LogP contribution in [0.15, 0.2) is 30.3 Å². The highest BCUT2D eigenvalue weighted by molar-refractivity contribution is 6.31. The van der Waals surface area contributed by atoms with Gasteiger partial charge in [0.15, 0.2) is 0 Å². The first-order valence-corrected chi connectivity index (χ1v) is 10.5. The molecule has 156 valence electrons. The third-order valence-electron chi connectivity index (χ3n) is 5.77. The summed E-state index contributed by atoms with van der Waals surface area (Å²) in [6.45, 7) is 0. The number of aromatic nitrogens is 1. The number of benzene rings is 1. The average molecular weight is 438 g/mol. The number of carbonyl (C=O) groups excluding carboxylic acids is 1. The molecule has 1 heterocycles. The number of fused-ring (bicyclic) bond motifs is 1. The van der Waals surface area contributed by atoms with E-state index in [1.54, 1.807) is 0 Å². The number of hydrogen-bond acceptors (Lipinski definition) is 3. The number of nitrogens with one attached hydrogen (secondary N) is 2. The van der Waals surface area contributed by atoms with Gasteiger partial charge >= 0.3 is 0 Å². The van der Waals surface area contributed by atoms with E-state index < -0.39 is 5.82 Å². The van der Waals surface area contributed by atoms with Crippen LogP contribution in [0.25, 0.3) is 0 Å². The Morgan fingerprint density at radius 1 is 1.03 bits per heavy atom. The first-order chi connectivity index (χ1) is 13.6. The Balaban J connectivity index is 0.00000240. The standard InChI is InChI=1S/C22H25ClFN3O.ClH/c23-18-13-15(5-11-19(18)24)22(28)26-17-9-7-16(8-10-17)25-21-12-6-14-3-1-2-4-20(14)27-21;/h5-6,11-13,16-17H,1-4,7-10H2,(H,25,27)(H,26,28);1H/t16-,17+;. The number of pyridine rings is 1. The maximum absolute atomic E-state index is 13.3. The monoisotopic (exact) mass is 437 g/mol. The lowest BCUT2D eigenvalue weighted by Crippen LogP contribution is -2.40. The van der Waals surface area contributed by atoms with Crippen LogP contribution in [0.2, 0.25) is 5.02 Å². The van der Waals surface area contributed by atoms with Crippen LogP contribution in [0, 0.1) is 5.82 Å². The predicted molar refractivity (Wildman–Crippen MR) is 117 cm³/mol. The van der Waals surface area contributed by atoms with Crippen molar-refractivity contribution in [1.82, 2.24) is 10.3 Å². The summed E-state index contributed by atoms with van der Waals surface area (Å²) in [4.78, 5) is 17.2. The Hall–Kier alpha value is -1.85. The third kappa shape index (κ3) is 5.40. The maximum atomic E-state index is 13.3. The van der Waals surface area contributed by atoms with Gasteiger partial charge in [-0.25, -0.2) is 9.37 Å². The highest BCUT2D eigenvalue weighted by Crippen LogP contribution is 2.25. The Morgan fingerprint density at radius 3 is 2.52 bits per heavy atom. The van der Waals surface area contributed by atoms with Gasteiger partial charge in [0.05, 0.1) is 5.02 Å². The predicted octanol–water partition coefficient (Wildman–Crippen LogP) is 5.33. The van der Waals surface area contributed by atoms with Gasteiger partial charge in [-0.3, -0.25) is 4.79 Å². The maximum Gasteiger partial charge on any atom is 0.251 e. The van der Waals surface area contributed by atoms with Crippen LogP contribution >= 0.6 is 24.0 Å². The first-order valence-electron chi connectivity index (χ1n) is 10.1. The van der Waals surface area contributed by atoms with E-state index in [4.69, 9.17) is 16.6 Å². The van der Waals surface area contributed by atoms with E-state index >= 15 is 0 Å². The summed E-state index contributed by atoms with van der Waals surface area (Å²) < 4.78 is 13.3. The molecule has 4 nitrogen and oxygen atoms in total. The van der Waals surface area contributed by atoms with Crippen molar-refractivity contribution in [3.8, 4) is 0 Å². The summed E-state index contributed by atoms with van der Waals surface area (Å²) in [6, 6.07) is 8.88. The summed E-state index contributed by atoms with van der Waals surface area (Å²) >= 11 is 5.77. The number of rotatable bonds is 4. The summed E-state index contributed by atoms with van der Waals surface area (Å²) in [7, 11) is 0. The SMILES string of the molecule is Cl.O=C(N[C@H]1CC[C@@H](Nc2ccc3c(n2)CCCC3)CC1)c1ccc(F)c(Cl)c1. The quantitative estimate of drug-likeness (QED) is 0.679. The molecule has 1 aromatic heterocycles. The average Bonchev–Trinajstić information content (AvgIpc) is 2.71. The van der Waals surface area contributed by atoms with Gasteiger partial charge in [0.2, 0.25) is 0 Å². The van der Waals surface area contributed by atoms with Crippen molar-refractivity contribution >= 4 is 35.7 Å². The minimum Gasteiger partial charge on any atom is -0.367 e. The summed E-state index contributed by atoms with van der Waals surface area (Å²) in [6.07, 6.45) is 8.49. The van der Waals surface area contributed by atoms with Crippen LogP contribution < -0.4 is 10.6 Å². The Kier molecular flexibility index (Phi) is 7.36. The second-order valence-corrected chi connectivity index (χ2v) is 8.21. The van der Waals surface area contributed by atoms with E-state index in [0.29, 0.717) is 11.6 Å². The van der Waals surface area contributed by atoms with Gasteiger partial charge in [0, 0.05) is 23.3 Å².